The molecule has 7 nitrogen and oxygen atoms in total. The van der Waals surface area contributed by atoms with Gasteiger partial charge in [0.1, 0.15) is 10.9 Å². The van der Waals surface area contributed by atoms with Gasteiger partial charge in [-0.25, -0.2) is 13.1 Å². The summed E-state index contributed by atoms with van der Waals surface area (Å²) in [7, 11) is -4.00. The maximum absolute atomic E-state index is 12.5. The number of hydrogen-bond acceptors (Lipinski definition) is 6. The first-order chi connectivity index (χ1) is 11.4. The van der Waals surface area contributed by atoms with Crippen molar-refractivity contribution in [3.63, 3.8) is 0 Å². The number of benzene rings is 1. The molecule has 0 radical (unpaired) electrons. The van der Waals surface area contributed by atoms with E-state index in [9.17, 15) is 13.2 Å². The quantitative estimate of drug-likeness (QED) is 0.645. The maximum atomic E-state index is 12.5. The first kappa shape index (κ1) is 18.7. The van der Waals surface area contributed by atoms with E-state index in [1.54, 1.807) is 25.1 Å². The lowest BCUT2D eigenvalue weighted by molar-refractivity contribution is -0.123. The van der Waals surface area contributed by atoms with Gasteiger partial charge in [-0.1, -0.05) is 25.0 Å². The van der Waals surface area contributed by atoms with E-state index in [2.05, 4.69) is 10.0 Å². The molecule has 0 fully saturated rings. The van der Waals surface area contributed by atoms with Gasteiger partial charge in [0.2, 0.25) is 0 Å². The van der Waals surface area contributed by atoms with Gasteiger partial charge in [-0.15, -0.1) is 0 Å². The van der Waals surface area contributed by atoms with Crippen LogP contribution in [0.4, 0.5) is 5.69 Å². The molecule has 1 aromatic rings. The van der Waals surface area contributed by atoms with Crippen molar-refractivity contribution in [1.29, 1.82) is 0 Å². The summed E-state index contributed by atoms with van der Waals surface area (Å²) < 4.78 is 32.6. The van der Waals surface area contributed by atoms with Crippen molar-refractivity contribution in [1.82, 2.24) is 4.72 Å². The number of carbonyl (C=O) groups excluding carboxylic acids is 1. The third-order valence-electron chi connectivity index (χ3n) is 3.99. The molecule has 4 N–H and O–H groups in total. The highest BCUT2D eigenvalue weighted by Gasteiger charge is 2.27. The number of rotatable bonds is 0. The van der Waals surface area contributed by atoms with Gasteiger partial charge in [0.15, 0.2) is 0 Å². The fourth-order valence-electron chi connectivity index (χ4n) is 2.49. The van der Waals surface area contributed by atoms with Gasteiger partial charge < -0.3 is 15.8 Å². The Balaban J connectivity index is 2.26. The molecule has 2 unspecified atom stereocenters. The van der Waals surface area contributed by atoms with Crippen molar-refractivity contribution in [2.24, 2.45) is 5.73 Å². The van der Waals surface area contributed by atoms with Crippen LogP contribution < -0.4 is 15.8 Å². The molecule has 0 bridgehead atoms. The highest BCUT2D eigenvalue weighted by Crippen LogP contribution is 2.21. The summed E-state index contributed by atoms with van der Waals surface area (Å²) in [6.45, 7) is 2.84. The second kappa shape index (κ2) is 8.46. The zero-order valence-corrected chi connectivity index (χ0v) is 14.6. The van der Waals surface area contributed by atoms with E-state index < -0.39 is 28.1 Å². The van der Waals surface area contributed by atoms with Crippen molar-refractivity contribution < 1.29 is 17.9 Å². The lowest BCUT2D eigenvalue weighted by Crippen LogP contribution is -2.49. The minimum atomic E-state index is -4.00. The molecule has 2 rings (SSSR count). The van der Waals surface area contributed by atoms with Gasteiger partial charge in [0, 0.05) is 13.2 Å². The van der Waals surface area contributed by atoms with Crippen molar-refractivity contribution in [3.05, 3.63) is 24.3 Å². The summed E-state index contributed by atoms with van der Waals surface area (Å²) in [5.41, 5.74) is 6.30. The molecule has 8 heteroatoms. The monoisotopic (exact) mass is 355 g/mol. The van der Waals surface area contributed by atoms with Crippen LogP contribution in [0.15, 0.2) is 29.2 Å². The van der Waals surface area contributed by atoms with Gasteiger partial charge in [-0.05, 0) is 31.9 Å². The molecule has 0 spiro atoms. The van der Waals surface area contributed by atoms with Crippen molar-refractivity contribution >= 4 is 21.6 Å². The van der Waals surface area contributed by atoms with Gasteiger partial charge in [-0.3, -0.25) is 4.79 Å². The Labute approximate surface area is 143 Å². The van der Waals surface area contributed by atoms with Gasteiger partial charge in [0.05, 0.1) is 11.8 Å². The summed E-state index contributed by atoms with van der Waals surface area (Å²) in [4.78, 5) is 12.2. The lowest BCUT2D eigenvalue weighted by Gasteiger charge is -2.20. The van der Waals surface area contributed by atoms with E-state index in [0.717, 1.165) is 25.7 Å². The zero-order chi connectivity index (χ0) is 17.6. The second-order valence-corrected chi connectivity index (χ2v) is 7.56. The van der Waals surface area contributed by atoms with Gasteiger partial charge >= 0.3 is 0 Å². The molecular weight excluding hydrogens is 330 g/mol. The number of anilines is 1. The molecule has 0 saturated carbocycles. The number of amides is 1. The Bertz CT molecular complexity index is 663. The van der Waals surface area contributed by atoms with Gasteiger partial charge in [-0.2, -0.15) is 0 Å². The molecule has 24 heavy (non-hydrogen) atoms. The SMILES string of the molecule is CC1OCCCCCCNc2ccccc2S(=O)(=O)NC(=O)C1N. The molecule has 1 aromatic carbocycles. The van der Waals surface area contributed by atoms with Crippen LogP contribution in [0.1, 0.15) is 32.6 Å². The Morgan fingerprint density at radius 3 is 2.67 bits per heavy atom. The number of nitrogens with two attached hydrogens (primary N) is 1. The molecule has 1 heterocycles. The summed E-state index contributed by atoms with van der Waals surface area (Å²) >= 11 is 0. The Kier molecular flexibility index (Phi) is 6.59. The molecule has 2 atom stereocenters. The van der Waals surface area contributed by atoms with E-state index >= 15 is 0 Å². The predicted molar refractivity (Wildman–Crippen MR) is 92.1 cm³/mol. The molecule has 0 saturated heterocycles. The van der Waals surface area contributed by atoms with Crippen molar-refractivity contribution in [2.75, 3.05) is 18.5 Å². The lowest BCUT2D eigenvalue weighted by atomic mass is 10.2. The molecule has 1 amide bonds. The molecule has 1 aliphatic rings. The molecule has 134 valence electrons. The van der Waals surface area contributed by atoms with E-state index in [-0.39, 0.29) is 4.90 Å². The van der Waals surface area contributed by atoms with E-state index in [4.69, 9.17) is 10.5 Å². The minimum Gasteiger partial charge on any atom is -0.384 e. The van der Waals surface area contributed by atoms with E-state index in [0.29, 0.717) is 18.8 Å². The predicted octanol–water partition coefficient (Wildman–Crippen LogP) is 1.21. The fraction of sp³-hybridized carbons (Fsp3) is 0.562. The largest absolute Gasteiger partial charge is 0.384 e. The van der Waals surface area contributed by atoms with Crippen LogP contribution in [0.2, 0.25) is 0 Å². The zero-order valence-electron chi connectivity index (χ0n) is 13.8. The fourth-order valence-corrected chi connectivity index (χ4v) is 3.69. The smallest absolute Gasteiger partial charge is 0.266 e. The van der Waals surface area contributed by atoms with Crippen LogP contribution in [0.25, 0.3) is 0 Å². The highest BCUT2D eigenvalue weighted by molar-refractivity contribution is 7.90. The number of para-hydroxylation sites is 1. The highest BCUT2D eigenvalue weighted by atomic mass is 32.2. The third kappa shape index (κ3) is 4.93. The van der Waals surface area contributed by atoms with E-state index in [1.165, 1.54) is 6.07 Å². The summed E-state index contributed by atoms with van der Waals surface area (Å²) in [5.74, 6) is -0.771. The normalized spacial score (nSPS) is 26.2. The first-order valence-corrected chi connectivity index (χ1v) is 9.67. The molecule has 1 aliphatic heterocycles. The van der Waals surface area contributed by atoms with Crippen LogP contribution in [-0.4, -0.2) is 39.6 Å². The Hall–Kier alpha value is -1.64. The summed E-state index contributed by atoms with van der Waals surface area (Å²) in [6.07, 6.45) is 3.28. The minimum absolute atomic E-state index is 0.0361. The van der Waals surface area contributed by atoms with Crippen LogP contribution in [0.5, 0.6) is 0 Å². The average Bonchev–Trinajstić information content (AvgIpc) is 2.55. The molecule has 0 aromatic heterocycles. The van der Waals surface area contributed by atoms with Gasteiger partial charge in [0.25, 0.3) is 15.9 Å². The summed E-state index contributed by atoms with van der Waals surface area (Å²) in [6, 6.07) is 5.46. The molecular formula is C16H25N3O4S. The van der Waals surface area contributed by atoms with Crippen LogP contribution in [0, 0.1) is 0 Å². The third-order valence-corrected chi connectivity index (χ3v) is 5.39. The van der Waals surface area contributed by atoms with Crippen LogP contribution in [-0.2, 0) is 19.6 Å². The van der Waals surface area contributed by atoms with Crippen molar-refractivity contribution in [3.8, 4) is 0 Å². The Morgan fingerprint density at radius 1 is 1.17 bits per heavy atom. The topological polar surface area (TPSA) is 111 Å². The number of ether oxygens (including phenoxy) is 1. The number of fused-ring (bicyclic) bond motifs is 1. The number of sulfonamides is 1. The number of nitrogens with one attached hydrogen (secondary N) is 2. The van der Waals surface area contributed by atoms with E-state index in [1.807, 2.05) is 0 Å². The molecule has 0 aliphatic carbocycles. The number of carbonyl (C=O) groups is 1. The first-order valence-electron chi connectivity index (χ1n) is 8.18. The summed E-state index contributed by atoms with van der Waals surface area (Å²) in [5, 5.41) is 3.13. The van der Waals surface area contributed by atoms with Crippen LogP contribution in [0.3, 0.4) is 0 Å². The second-order valence-electron chi connectivity index (χ2n) is 5.91. The standard InChI is InChI=1S/C16H25N3O4S/c1-12-15(17)16(20)19-24(21,22)14-9-5-4-8-13(14)18-10-6-2-3-7-11-23-12/h4-5,8-9,12,15,18H,2-3,6-7,10-11,17H2,1H3,(H,19,20). The van der Waals surface area contributed by atoms with Crippen LogP contribution >= 0.6 is 0 Å². The Morgan fingerprint density at radius 2 is 1.88 bits per heavy atom. The number of hydrogen-bond donors (Lipinski definition) is 3. The maximum Gasteiger partial charge on any atom is 0.266 e. The van der Waals surface area contributed by atoms with Crippen molar-refractivity contribution in [2.45, 2.75) is 49.6 Å². The average molecular weight is 355 g/mol.